The first-order chi connectivity index (χ1) is 13.6. The second kappa shape index (κ2) is 7.70. The van der Waals surface area contributed by atoms with Crippen LogP contribution in [0.4, 0.5) is 16.2 Å². The number of nitrogens with zero attached hydrogens (tertiary/aromatic N) is 1. The van der Waals surface area contributed by atoms with E-state index in [4.69, 9.17) is 9.72 Å². The third kappa shape index (κ3) is 3.97. The van der Waals surface area contributed by atoms with Gasteiger partial charge >= 0.3 is 6.03 Å². The number of hydrogen-bond acceptors (Lipinski definition) is 4. The Morgan fingerprint density at radius 2 is 1.75 bits per heavy atom. The molecule has 2 N–H and O–H groups in total. The first-order valence-corrected chi connectivity index (χ1v) is 9.62. The lowest BCUT2D eigenvalue weighted by atomic mass is 10.2. The fourth-order valence-electron chi connectivity index (χ4n) is 2.85. The molecule has 0 aliphatic rings. The fourth-order valence-corrected chi connectivity index (χ4v) is 3.92. The zero-order chi connectivity index (χ0) is 19.5. The Labute approximate surface area is 167 Å². The van der Waals surface area contributed by atoms with Crippen molar-refractivity contribution in [3.63, 3.8) is 0 Å². The Morgan fingerprint density at radius 3 is 2.54 bits per heavy atom. The zero-order valence-electron chi connectivity index (χ0n) is 15.5. The number of amides is 2. The van der Waals surface area contributed by atoms with E-state index in [2.05, 4.69) is 29.7 Å². The van der Waals surface area contributed by atoms with Gasteiger partial charge in [0.2, 0.25) is 0 Å². The lowest BCUT2D eigenvalue weighted by Gasteiger charge is -2.09. The van der Waals surface area contributed by atoms with E-state index in [0.717, 1.165) is 16.1 Å². The molecular formula is C22H19N3O2S. The summed E-state index contributed by atoms with van der Waals surface area (Å²) in [6.45, 7) is 2.08. The van der Waals surface area contributed by atoms with E-state index in [9.17, 15) is 4.79 Å². The van der Waals surface area contributed by atoms with Gasteiger partial charge in [0, 0.05) is 23.0 Å². The monoisotopic (exact) mass is 389 g/mol. The molecule has 0 unspecified atom stereocenters. The highest BCUT2D eigenvalue weighted by molar-refractivity contribution is 7.21. The average Bonchev–Trinajstić information content (AvgIpc) is 3.11. The summed E-state index contributed by atoms with van der Waals surface area (Å²) in [6, 6.07) is 20.8. The summed E-state index contributed by atoms with van der Waals surface area (Å²) in [6.07, 6.45) is 0. The molecule has 0 saturated carbocycles. The molecule has 0 atom stereocenters. The number of carbonyl (C=O) groups is 1. The number of nitrogens with one attached hydrogen (secondary N) is 2. The molecule has 2 amide bonds. The van der Waals surface area contributed by atoms with Crippen LogP contribution in [-0.2, 0) is 0 Å². The molecule has 0 saturated heterocycles. The number of thiazole rings is 1. The molecule has 4 rings (SSSR count). The summed E-state index contributed by atoms with van der Waals surface area (Å²) < 4.78 is 6.34. The number of ether oxygens (including phenoxy) is 1. The van der Waals surface area contributed by atoms with Crippen molar-refractivity contribution in [2.75, 3.05) is 17.7 Å². The third-order valence-electron chi connectivity index (χ3n) is 4.26. The van der Waals surface area contributed by atoms with Gasteiger partial charge in [0.25, 0.3) is 0 Å². The van der Waals surface area contributed by atoms with Crippen molar-refractivity contribution in [2.45, 2.75) is 6.92 Å². The van der Waals surface area contributed by atoms with Gasteiger partial charge in [0.15, 0.2) is 0 Å². The van der Waals surface area contributed by atoms with Gasteiger partial charge in [-0.25, -0.2) is 9.78 Å². The zero-order valence-corrected chi connectivity index (χ0v) is 16.3. The molecule has 3 aromatic carbocycles. The second-order valence-electron chi connectivity index (χ2n) is 6.38. The van der Waals surface area contributed by atoms with Crippen LogP contribution in [0.2, 0.25) is 0 Å². The molecule has 1 heterocycles. The number of rotatable bonds is 4. The second-order valence-corrected chi connectivity index (χ2v) is 7.41. The van der Waals surface area contributed by atoms with Crippen LogP contribution in [0.5, 0.6) is 5.75 Å². The van der Waals surface area contributed by atoms with Crippen LogP contribution in [-0.4, -0.2) is 18.1 Å². The van der Waals surface area contributed by atoms with Crippen LogP contribution in [0.15, 0.2) is 66.7 Å². The number of benzene rings is 3. The summed E-state index contributed by atoms with van der Waals surface area (Å²) in [5.74, 6) is 0.688. The van der Waals surface area contributed by atoms with Crippen LogP contribution < -0.4 is 15.4 Å². The number of fused-ring (bicyclic) bond motifs is 1. The van der Waals surface area contributed by atoms with Crippen molar-refractivity contribution in [1.29, 1.82) is 0 Å². The number of aromatic nitrogens is 1. The van der Waals surface area contributed by atoms with E-state index in [0.29, 0.717) is 17.1 Å². The summed E-state index contributed by atoms with van der Waals surface area (Å²) in [5, 5.41) is 6.59. The highest BCUT2D eigenvalue weighted by Crippen LogP contribution is 2.31. The predicted octanol–water partition coefficient (Wildman–Crippen LogP) is 5.92. The third-order valence-corrected chi connectivity index (χ3v) is 5.33. The van der Waals surface area contributed by atoms with E-state index in [1.807, 2.05) is 42.5 Å². The molecule has 6 heteroatoms. The van der Waals surface area contributed by atoms with Crippen molar-refractivity contribution >= 4 is 39.0 Å². The summed E-state index contributed by atoms with van der Waals surface area (Å²) in [5.41, 5.74) is 4.63. The van der Waals surface area contributed by atoms with E-state index >= 15 is 0 Å². The normalized spacial score (nSPS) is 10.6. The Balaban J connectivity index is 1.45. The SMILES string of the molecule is COc1cccc(NC(=O)Nc2ccc(-c3nc4ccc(C)cc4s3)cc2)c1. The average molecular weight is 389 g/mol. The molecule has 28 heavy (non-hydrogen) atoms. The number of carbonyl (C=O) groups excluding carboxylic acids is 1. The van der Waals surface area contributed by atoms with Crippen molar-refractivity contribution in [3.05, 3.63) is 72.3 Å². The summed E-state index contributed by atoms with van der Waals surface area (Å²) >= 11 is 1.67. The number of anilines is 2. The van der Waals surface area contributed by atoms with Gasteiger partial charge in [-0.1, -0.05) is 12.1 Å². The summed E-state index contributed by atoms with van der Waals surface area (Å²) in [4.78, 5) is 16.9. The molecule has 140 valence electrons. The first-order valence-electron chi connectivity index (χ1n) is 8.80. The van der Waals surface area contributed by atoms with Crippen molar-refractivity contribution in [3.8, 4) is 16.3 Å². The molecule has 0 aliphatic carbocycles. The van der Waals surface area contributed by atoms with Crippen molar-refractivity contribution in [1.82, 2.24) is 4.98 Å². The largest absolute Gasteiger partial charge is 0.497 e. The molecule has 1 aromatic heterocycles. The van der Waals surface area contributed by atoms with Gasteiger partial charge in [-0.2, -0.15) is 0 Å². The predicted molar refractivity (Wildman–Crippen MR) is 115 cm³/mol. The number of urea groups is 1. The molecule has 0 fully saturated rings. The Morgan fingerprint density at radius 1 is 0.964 bits per heavy atom. The Kier molecular flexibility index (Phi) is 4.95. The molecule has 0 bridgehead atoms. The maximum absolute atomic E-state index is 12.2. The lowest BCUT2D eigenvalue weighted by molar-refractivity contribution is 0.262. The molecule has 0 spiro atoms. The lowest BCUT2D eigenvalue weighted by Crippen LogP contribution is -2.19. The van der Waals surface area contributed by atoms with Crippen LogP contribution in [0.25, 0.3) is 20.8 Å². The summed E-state index contributed by atoms with van der Waals surface area (Å²) in [7, 11) is 1.59. The van der Waals surface area contributed by atoms with E-state index in [1.165, 1.54) is 10.3 Å². The maximum atomic E-state index is 12.2. The topological polar surface area (TPSA) is 63.2 Å². The van der Waals surface area contributed by atoms with Gasteiger partial charge in [-0.15, -0.1) is 11.3 Å². The quantitative estimate of drug-likeness (QED) is 0.455. The molecule has 4 aromatic rings. The molecule has 5 nitrogen and oxygen atoms in total. The minimum atomic E-state index is -0.309. The Hall–Kier alpha value is -3.38. The van der Waals surface area contributed by atoms with Gasteiger partial charge in [-0.05, 0) is 61.0 Å². The van der Waals surface area contributed by atoms with Crippen molar-refractivity contribution < 1.29 is 9.53 Å². The Bertz CT molecular complexity index is 1140. The standard InChI is InChI=1S/C22H19N3O2S/c1-14-6-11-19-20(12-14)28-21(25-19)15-7-9-16(10-8-15)23-22(26)24-17-4-3-5-18(13-17)27-2/h3-13H,1-2H3,(H2,23,24,26). The van der Waals surface area contributed by atoms with Gasteiger partial charge in [0.1, 0.15) is 10.8 Å². The molecule has 0 radical (unpaired) electrons. The maximum Gasteiger partial charge on any atom is 0.323 e. The van der Waals surface area contributed by atoms with Gasteiger partial charge in [0.05, 0.1) is 17.3 Å². The van der Waals surface area contributed by atoms with Crippen LogP contribution in [0, 0.1) is 6.92 Å². The highest BCUT2D eigenvalue weighted by Gasteiger charge is 2.08. The number of hydrogen-bond donors (Lipinski definition) is 2. The molecular weight excluding hydrogens is 370 g/mol. The highest BCUT2D eigenvalue weighted by atomic mass is 32.1. The van der Waals surface area contributed by atoms with Crippen LogP contribution >= 0.6 is 11.3 Å². The minimum Gasteiger partial charge on any atom is -0.497 e. The van der Waals surface area contributed by atoms with E-state index in [1.54, 1.807) is 30.6 Å². The van der Waals surface area contributed by atoms with E-state index < -0.39 is 0 Å². The first kappa shape index (κ1) is 18.0. The fraction of sp³-hybridized carbons (Fsp3) is 0.0909. The number of aryl methyl sites for hydroxylation is 1. The number of methoxy groups -OCH3 is 1. The van der Waals surface area contributed by atoms with Crippen LogP contribution in [0.1, 0.15) is 5.56 Å². The smallest absolute Gasteiger partial charge is 0.323 e. The van der Waals surface area contributed by atoms with Gasteiger partial charge in [-0.3, -0.25) is 0 Å². The van der Waals surface area contributed by atoms with E-state index in [-0.39, 0.29) is 6.03 Å². The van der Waals surface area contributed by atoms with Crippen molar-refractivity contribution in [2.24, 2.45) is 0 Å². The van der Waals surface area contributed by atoms with Gasteiger partial charge < -0.3 is 15.4 Å². The molecule has 0 aliphatic heterocycles. The van der Waals surface area contributed by atoms with Crippen LogP contribution in [0.3, 0.4) is 0 Å². The minimum absolute atomic E-state index is 0.309.